The van der Waals surface area contributed by atoms with Crippen molar-refractivity contribution >= 4 is 32.1 Å². The third kappa shape index (κ3) is 2.47. The molecular weight excluding hydrogens is 284 g/mol. The van der Waals surface area contributed by atoms with E-state index in [-0.39, 0.29) is 5.03 Å². The van der Waals surface area contributed by atoms with Crippen LogP contribution in [0.15, 0.2) is 16.6 Å². The molecule has 0 saturated heterocycles. The Balaban J connectivity index is 2.58. The molecule has 0 unspecified atom stereocenters. The van der Waals surface area contributed by atoms with E-state index < -0.39 is 10.0 Å². The molecule has 2 rings (SSSR count). The van der Waals surface area contributed by atoms with Crippen molar-refractivity contribution in [2.45, 2.75) is 25.3 Å². The van der Waals surface area contributed by atoms with Gasteiger partial charge in [0.1, 0.15) is 0 Å². The zero-order valence-electron chi connectivity index (χ0n) is 11.3. The number of rotatable bonds is 6. The quantitative estimate of drug-likeness (QED) is 0.884. The summed E-state index contributed by atoms with van der Waals surface area (Å²) >= 11 is 1.42. The first-order valence-electron chi connectivity index (χ1n) is 6.18. The molecule has 1 N–H and O–H groups in total. The summed E-state index contributed by atoms with van der Waals surface area (Å²) in [4.78, 5) is 5.02. The van der Waals surface area contributed by atoms with E-state index in [4.69, 9.17) is 0 Å². The highest BCUT2D eigenvalue weighted by Gasteiger charge is 2.29. The molecule has 0 bridgehead atoms. The van der Waals surface area contributed by atoms with Crippen molar-refractivity contribution in [2.75, 3.05) is 25.5 Å². The van der Waals surface area contributed by atoms with E-state index in [1.807, 2.05) is 19.2 Å². The summed E-state index contributed by atoms with van der Waals surface area (Å²) in [6, 6.07) is 0. The fourth-order valence-electron chi connectivity index (χ4n) is 1.88. The van der Waals surface area contributed by atoms with Crippen LogP contribution in [-0.2, 0) is 10.0 Å². The van der Waals surface area contributed by atoms with E-state index in [1.165, 1.54) is 15.6 Å². The van der Waals surface area contributed by atoms with Gasteiger partial charge in [-0.3, -0.25) is 4.40 Å². The SMILES string of the molecule is CCCN(C)S(=O)(=O)c1c(NCC)nc2sccn12. The number of thiazole rings is 1. The smallest absolute Gasteiger partial charge is 0.262 e. The summed E-state index contributed by atoms with van der Waals surface area (Å²) in [5, 5.41) is 5.08. The maximum absolute atomic E-state index is 12.6. The predicted octanol–water partition coefficient (Wildman–Crippen LogP) is 1.86. The number of hydrogen-bond acceptors (Lipinski definition) is 5. The van der Waals surface area contributed by atoms with Gasteiger partial charge < -0.3 is 5.32 Å². The molecule has 0 saturated carbocycles. The van der Waals surface area contributed by atoms with Crippen molar-refractivity contribution in [2.24, 2.45) is 0 Å². The number of nitrogens with zero attached hydrogens (tertiary/aromatic N) is 3. The highest BCUT2D eigenvalue weighted by molar-refractivity contribution is 7.89. The minimum Gasteiger partial charge on any atom is -0.368 e. The Morgan fingerprint density at radius 3 is 2.84 bits per heavy atom. The summed E-state index contributed by atoms with van der Waals surface area (Å²) in [6.07, 6.45) is 2.51. The minimum atomic E-state index is -3.53. The van der Waals surface area contributed by atoms with Crippen LogP contribution in [0.1, 0.15) is 20.3 Å². The molecule has 0 radical (unpaired) electrons. The molecule has 2 heterocycles. The molecule has 0 aliphatic heterocycles. The zero-order chi connectivity index (χ0) is 14.0. The van der Waals surface area contributed by atoms with Gasteiger partial charge in [-0.15, -0.1) is 11.3 Å². The van der Waals surface area contributed by atoms with Crippen molar-refractivity contribution in [3.63, 3.8) is 0 Å². The molecule has 0 atom stereocenters. The zero-order valence-corrected chi connectivity index (χ0v) is 12.9. The van der Waals surface area contributed by atoms with Gasteiger partial charge in [-0.05, 0) is 13.3 Å². The Kier molecular flexibility index (Phi) is 4.12. The standard InChI is InChI=1S/C11H18N4O2S2/c1-4-6-14(3)19(16,17)10-9(12-5-2)13-11-15(10)7-8-18-11/h7-8,12H,4-6H2,1-3H3. The van der Waals surface area contributed by atoms with Crippen LogP contribution >= 0.6 is 11.3 Å². The van der Waals surface area contributed by atoms with E-state index >= 15 is 0 Å². The molecule has 0 amide bonds. The summed E-state index contributed by atoms with van der Waals surface area (Å²) in [6.45, 7) is 4.99. The van der Waals surface area contributed by atoms with Crippen LogP contribution in [0.3, 0.4) is 0 Å². The van der Waals surface area contributed by atoms with Crippen molar-refractivity contribution in [3.8, 4) is 0 Å². The van der Waals surface area contributed by atoms with E-state index in [1.54, 1.807) is 17.6 Å². The van der Waals surface area contributed by atoms with Crippen LogP contribution in [0.25, 0.3) is 4.96 Å². The van der Waals surface area contributed by atoms with E-state index in [9.17, 15) is 8.42 Å². The highest BCUT2D eigenvalue weighted by Crippen LogP contribution is 2.27. The molecule has 6 nitrogen and oxygen atoms in total. The maximum Gasteiger partial charge on any atom is 0.262 e. The third-order valence-electron chi connectivity index (χ3n) is 2.76. The van der Waals surface area contributed by atoms with Gasteiger partial charge in [0.25, 0.3) is 10.0 Å². The van der Waals surface area contributed by atoms with Crippen LogP contribution in [0.5, 0.6) is 0 Å². The van der Waals surface area contributed by atoms with Crippen LogP contribution in [0.2, 0.25) is 0 Å². The fourth-order valence-corrected chi connectivity index (χ4v) is 4.12. The van der Waals surface area contributed by atoms with E-state index in [0.29, 0.717) is 23.9 Å². The average molecular weight is 302 g/mol. The first kappa shape index (κ1) is 14.3. The summed E-state index contributed by atoms with van der Waals surface area (Å²) in [5.41, 5.74) is 0. The van der Waals surface area contributed by atoms with Gasteiger partial charge in [-0.1, -0.05) is 6.92 Å². The van der Waals surface area contributed by atoms with Gasteiger partial charge in [0.2, 0.25) is 0 Å². The van der Waals surface area contributed by atoms with Gasteiger partial charge in [-0.2, -0.15) is 4.31 Å². The molecule has 0 fully saturated rings. The highest BCUT2D eigenvalue weighted by atomic mass is 32.2. The Morgan fingerprint density at radius 2 is 2.21 bits per heavy atom. The third-order valence-corrected chi connectivity index (χ3v) is 5.39. The van der Waals surface area contributed by atoms with Crippen LogP contribution in [0.4, 0.5) is 5.82 Å². The van der Waals surface area contributed by atoms with Gasteiger partial charge in [0.15, 0.2) is 15.8 Å². The second kappa shape index (κ2) is 5.48. The lowest BCUT2D eigenvalue weighted by molar-refractivity contribution is 0.465. The van der Waals surface area contributed by atoms with Crippen molar-refractivity contribution in [3.05, 3.63) is 11.6 Å². The van der Waals surface area contributed by atoms with Gasteiger partial charge in [-0.25, -0.2) is 13.4 Å². The van der Waals surface area contributed by atoms with Crippen LogP contribution < -0.4 is 5.32 Å². The maximum atomic E-state index is 12.6. The Bertz CT molecular complexity index is 659. The molecule has 0 aliphatic rings. The first-order valence-corrected chi connectivity index (χ1v) is 8.50. The molecule has 0 spiro atoms. The second-order valence-electron chi connectivity index (χ2n) is 4.18. The summed E-state index contributed by atoms with van der Waals surface area (Å²) < 4.78 is 28.2. The Hall–Kier alpha value is -1.12. The number of aromatic nitrogens is 2. The predicted molar refractivity (Wildman–Crippen MR) is 77.3 cm³/mol. The number of imidazole rings is 1. The monoisotopic (exact) mass is 302 g/mol. The van der Waals surface area contributed by atoms with Crippen LogP contribution in [0, 0.1) is 0 Å². The van der Waals surface area contributed by atoms with E-state index in [2.05, 4.69) is 10.3 Å². The molecular formula is C11H18N4O2S2. The molecule has 19 heavy (non-hydrogen) atoms. The largest absolute Gasteiger partial charge is 0.368 e. The van der Waals surface area contributed by atoms with E-state index in [0.717, 1.165) is 6.42 Å². The van der Waals surface area contributed by atoms with Crippen molar-refractivity contribution < 1.29 is 8.42 Å². The minimum absolute atomic E-state index is 0.224. The van der Waals surface area contributed by atoms with Gasteiger partial charge in [0.05, 0.1) is 0 Å². The van der Waals surface area contributed by atoms with Crippen LogP contribution in [-0.4, -0.2) is 42.2 Å². The lowest BCUT2D eigenvalue weighted by atomic mass is 10.5. The average Bonchev–Trinajstić information content (AvgIpc) is 2.89. The van der Waals surface area contributed by atoms with Crippen molar-refractivity contribution in [1.29, 1.82) is 0 Å². The fraction of sp³-hybridized carbons (Fsp3) is 0.545. The number of nitrogens with one attached hydrogen (secondary N) is 1. The summed E-state index contributed by atoms with van der Waals surface area (Å²) in [7, 11) is -1.93. The number of fused-ring (bicyclic) bond motifs is 1. The number of sulfonamides is 1. The van der Waals surface area contributed by atoms with Gasteiger partial charge >= 0.3 is 0 Å². The first-order chi connectivity index (χ1) is 9.02. The second-order valence-corrected chi connectivity index (χ2v) is 7.01. The number of anilines is 1. The van der Waals surface area contributed by atoms with Crippen molar-refractivity contribution in [1.82, 2.24) is 13.7 Å². The van der Waals surface area contributed by atoms with Gasteiger partial charge in [0, 0.05) is 31.7 Å². The molecule has 0 aliphatic carbocycles. The normalized spacial score (nSPS) is 12.4. The lowest BCUT2D eigenvalue weighted by Crippen LogP contribution is -2.29. The molecule has 2 aromatic rings. The number of hydrogen-bond donors (Lipinski definition) is 1. The Labute approximate surface area is 117 Å². The molecule has 2 aromatic heterocycles. The molecule has 0 aromatic carbocycles. The molecule has 8 heteroatoms. The lowest BCUT2D eigenvalue weighted by Gasteiger charge is -2.16. The summed E-state index contributed by atoms with van der Waals surface area (Å²) in [5.74, 6) is 0.428. The topological polar surface area (TPSA) is 66.7 Å². The Morgan fingerprint density at radius 1 is 1.47 bits per heavy atom. The molecule has 106 valence electrons.